The number of nitrogens with two attached hydrogens (primary N) is 1. The minimum absolute atomic E-state index is 0.166. The number of aromatic nitrogens is 1. The third kappa shape index (κ3) is 3.56. The summed E-state index contributed by atoms with van der Waals surface area (Å²) in [6, 6.07) is 8.51. The minimum atomic E-state index is -0.397. The summed E-state index contributed by atoms with van der Waals surface area (Å²) >= 11 is 0. The van der Waals surface area contributed by atoms with Crippen molar-refractivity contribution in [1.29, 1.82) is 0 Å². The SMILES string of the molecule is CC(=O)Nc1cc(NC(=O)c2ncccc2N)ccc1C. The predicted molar refractivity (Wildman–Crippen MR) is 82.1 cm³/mol. The fraction of sp³-hybridized carbons (Fsp3) is 0.133. The van der Waals surface area contributed by atoms with Crippen LogP contribution in [0.5, 0.6) is 0 Å². The zero-order valence-electron chi connectivity index (χ0n) is 11.8. The van der Waals surface area contributed by atoms with E-state index in [1.54, 1.807) is 24.3 Å². The van der Waals surface area contributed by atoms with Crippen molar-refractivity contribution in [2.45, 2.75) is 13.8 Å². The average Bonchev–Trinajstić information content (AvgIpc) is 2.42. The first-order chi connectivity index (χ1) is 9.97. The third-order valence-corrected chi connectivity index (χ3v) is 2.86. The van der Waals surface area contributed by atoms with Crippen LogP contribution < -0.4 is 16.4 Å². The van der Waals surface area contributed by atoms with Gasteiger partial charge in [0.1, 0.15) is 0 Å². The van der Waals surface area contributed by atoms with E-state index in [4.69, 9.17) is 5.73 Å². The highest BCUT2D eigenvalue weighted by Crippen LogP contribution is 2.21. The molecule has 1 aromatic heterocycles. The Labute approximate surface area is 122 Å². The van der Waals surface area contributed by atoms with Crippen molar-refractivity contribution in [3.8, 4) is 0 Å². The summed E-state index contributed by atoms with van der Waals surface area (Å²) in [6.07, 6.45) is 1.50. The molecule has 1 heterocycles. The highest BCUT2D eigenvalue weighted by molar-refractivity contribution is 6.06. The number of carbonyl (C=O) groups excluding carboxylic acids is 2. The molecule has 108 valence electrons. The highest BCUT2D eigenvalue weighted by atomic mass is 16.2. The molecule has 0 bridgehead atoms. The van der Waals surface area contributed by atoms with E-state index in [0.717, 1.165) is 5.56 Å². The van der Waals surface area contributed by atoms with Gasteiger partial charge in [-0.05, 0) is 36.8 Å². The standard InChI is InChI=1S/C15H16N4O2/c1-9-5-6-11(8-13(9)18-10(2)20)19-15(21)14-12(16)4-3-7-17-14/h3-8H,16H2,1-2H3,(H,18,20)(H,19,21). The van der Waals surface area contributed by atoms with Crippen LogP contribution in [0, 0.1) is 6.92 Å². The Bertz CT molecular complexity index is 698. The van der Waals surface area contributed by atoms with Crippen LogP contribution in [0.15, 0.2) is 36.5 Å². The Balaban J connectivity index is 2.22. The Morgan fingerprint density at radius 2 is 1.95 bits per heavy atom. The number of rotatable bonds is 3. The molecule has 21 heavy (non-hydrogen) atoms. The molecule has 0 aliphatic heterocycles. The molecule has 1 aromatic carbocycles. The second-order valence-corrected chi connectivity index (χ2v) is 4.61. The van der Waals surface area contributed by atoms with Crippen molar-refractivity contribution in [3.05, 3.63) is 47.8 Å². The van der Waals surface area contributed by atoms with Crippen LogP contribution in [0.4, 0.5) is 17.1 Å². The van der Waals surface area contributed by atoms with Gasteiger partial charge in [-0.1, -0.05) is 6.07 Å². The maximum absolute atomic E-state index is 12.1. The second-order valence-electron chi connectivity index (χ2n) is 4.61. The zero-order chi connectivity index (χ0) is 15.4. The van der Waals surface area contributed by atoms with Crippen molar-refractivity contribution in [3.63, 3.8) is 0 Å². The molecule has 0 saturated carbocycles. The fourth-order valence-electron chi connectivity index (χ4n) is 1.82. The molecule has 0 unspecified atom stereocenters. The van der Waals surface area contributed by atoms with Gasteiger partial charge in [0.05, 0.1) is 5.69 Å². The lowest BCUT2D eigenvalue weighted by atomic mass is 10.1. The molecular formula is C15H16N4O2. The van der Waals surface area contributed by atoms with E-state index in [2.05, 4.69) is 15.6 Å². The van der Waals surface area contributed by atoms with E-state index in [-0.39, 0.29) is 11.6 Å². The molecule has 0 saturated heterocycles. The van der Waals surface area contributed by atoms with Gasteiger partial charge in [0.2, 0.25) is 5.91 Å². The highest BCUT2D eigenvalue weighted by Gasteiger charge is 2.11. The number of carbonyl (C=O) groups is 2. The maximum Gasteiger partial charge on any atom is 0.276 e. The van der Waals surface area contributed by atoms with Crippen molar-refractivity contribution >= 4 is 28.9 Å². The summed E-state index contributed by atoms with van der Waals surface area (Å²) in [6.45, 7) is 3.30. The number of amides is 2. The number of nitrogen functional groups attached to an aromatic ring is 1. The molecule has 2 amide bonds. The molecule has 6 nitrogen and oxygen atoms in total. The Morgan fingerprint density at radius 1 is 1.19 bits per heavy atom. The monoisotopic (exact) mass is 284 g/mol. The van der Waals surface area contributed by atoms with Crippen molar-refractivity contribution in [2.75, 3.05) is 16.4 Å². The molecule has 4 N–H and O–H groups in total. The van der Waals surface area contributed by atoms with E-state index in [1.807, 2.05) is 13.0 Å². The molecule has 2 rings (SSSR count). The zero-order valence-corrected chi connectivity index (χ0v) is 11.8. The summed E-state index contributed by atoms with van der Waals surface area (Å²) in [5.41, 5.74) is 8.30. The lowest BCUT2D eigenvalue weighted by molar-refractivity contribution is -0.114. The first-order valence-electron chi connectivity index (χ1n) is 6.37. The maximum atomic E-state index is 12.1. The van der Waals surface area contributed by atoms with E-state index in [9.17, 15) is 9.59 Å². The molecule has 0 aliphatic carbocycles. The van der Waals surface area contributed by atoms with Crippen LogP contribution in [0.1, 0.15) is 23.0 Å². The quantitative estimate of drug-likeness (QED) is 0.804. The van der Waals surface area contributed by atoms with Crippen LogP contribution in [0.3, 0.4) is 0 Å². The number of hydrogen-bond acceptors (Lipinski definition) is 4. The van der Waals surface area contributed by atoms with Crippen LogP contribution in [-0.2, 0) is 4.79 Å². The van der Waals surface area contributed by atoms with Crippen LogP contribution >= 0.6 is 0 Å². The first kappa shape index (κ1) is 14.5. The number of aryl methyl sites for hydroxylation is 1. The molecular weight excluding hydrogens is 268 g/mol. The smallest absolute Gasteiger partial charge is 0.276 e. The normalized spacial score (nSPS) is 10.0. The van der Waals surface area contributed by atoms with Crippen LogP contribution in [-0.4, -0.2) is 16.8 Å². The minimum Gasteiger partial charge on any atom is -0.397 e. The van der Waals surface area contributed by atoms with E-state index >= 15 is 0 Å². The number of hydrogen-bond donors (Lipinski definition) is 3. The second kappa shape index (κ2) is 6.04. The number of pyridine rings is 1. The number of nitrogens with one attached hydrogen (secondary N) is 2. The fourth-order valence-corrected chi connectivity index (χ4v) is 1.82. The van der Waals surface area contributed by atoms with Gasteiger partial charge in [0.15, 0.2) is 5.69 Å². The van der Waals surface area contributed by atoms with E-state index in [0.29, 0.717) is 17.1 Å². The molecule has 0 radical (unpaired) electrons. The number of benzene rings is 1. The van der Waals surface area contributed by atoms with Gasteiger partial charge in [-0.2, -0.15) is 0 Å². The van der Waals surface area contributed by atoms with Gasteiger partial charge in [-0.25, -0.2) is 4.98 Å². The Kier molecular flexibility index (Phi) is 4.18. The number of nitrogens with zero attached hydrogens (tertiary/aromatic N) is 1. The van der Waals surface area contributed by atoms with E-state index in [1.165, 1.54) is 13.1 Å². The summed E-state index contributed by atoms with van der Waals surface area (Å²) in [7, 11) is 0. The largest absolute Gasteiger partial charge is 0.397 e. The Hall–Kier alpha value is -2.89. The summed E-state index contributed by atoms with van der Waals surface area (Å²) in [5.74, 6) is -0.568. The molecule has 6 heteroatoms. The van der Waals surface area contributed by atoms with E-state index < -0.39 is 5.91 Å². The topological polar surface area (TPSA) is 97.1 Å². The molecule has 0 spiro atoms. The summed E-state index contributed by atoms with van der Waals surface area (Å²) < 4.78 is 0. The lowest BCUT2D eigenvalue weighted by Gasteiger charge is -2.11. The molecule has 0 aliphatic rings. The van der Waals surface area contributed by atoms with Gasteiger partial charge in [-0.3, -0.25) is 9.59 Å². The van der Waals surface area contributed by atoms with Gasteiger partial charge in [-0.15, -0.1) is 0 Å². The predicted octanol–water partition coefficient (Wildman–Crippen LogP) is 2.18. The van der Waals surface area contributed by atoms with Crippen molar-refractivity contribution < 1.29 is 9.59 Å². The summed E-state index contributed by atoms with van der Waals surface area (Å²) in [5, 5.41) is 5.41. The summed E-state index contributed by atoms with van der Waals surface area (Å²) in [4.78, 5) is 27.2. The third-order valence-electron chi connectivity index (χ3n) is 2.86. The first-order valence-corrected chi connectivity index (χ1v) is 6.37. The number of anilines is 3. The van der Waals surface area contributed by atoms with Crippen LogP contribution in [0.25, 0.3) is 0 Å². The average molecular weight is 284 g/mol. The van der Waals surface area contributed by atoms with Gasteiger partial charge in [0.25, 0.3) is 5.91 Å². The van der Waals surface area contributed by atoms with Crippen molar-refractivity contribution in [2.24, 2.45) is 0 Å². The Morgan fingerprint density at radius 3 is 2.62 bits per heavy atom. The molecule has 0 atom stereocenters. The van der Waals surface area contributed by atoms with Crippen LogP contribution in [0.2, 0.25) is 0 Å². The van der Waals surface area contributed by atoms with Gasteiger partial charge >= 0.3 is 0 Å². The van der Waals surface area contributed by atoms with Crippen molar-refractivity contribution in [1.82, 2.24) is 4.98 Å². The molecule has 2 aromatic rings. The molecule has 0 fully saturated rings. The van der Waals surface area contributed by atoms with Gasteiger partial charge < -0.3 is 16.4 Å². The van der Waals surface area contributed by atoms with Gasteiger partial charge in [0, 0.05) is 24.5 Å². The lowest BCUT2D eigenvalue weighted by Crippen LogP contribution is -2.16.